The molecule has 0 spiro atoms. The quantitative estimate of drug-likeness (QED) is 0.368. The molecule has 2 aromatic carbocycles. The van der Waals surface area contributed by atoms with Gasteiger partial charge in [0.2, 0.25) is 0 Å². The van der Waals surface area contributed by atoms with Gasteiger partial charge in [-0.3, -0.25) is 0 Å². The van der Waals surface area contributed by atoms with Crippen LogP contribution >= 0.6 is 11.6 Å². The van der Waals surface area contributed by atoms with Crippen molar-refractivity contribution < 1.29 is 22.3 Å². The summed E-state index contributed by atoms with van der Waals surface area (Å²) < 4.78 is 58.5. The van der Waals surface area contributed by atoms with E-state index in [2.05, 4.69) is 11.8 Å². The molecule has 7 heteroatoms. The molecule has 0 amide bonds. The first kappa shape index (κ1) is 18.3. The first-order valence-electron chi connectivity index (χ1n) is 7.27. The van der Waals surface area contributed by atoms with E-state index in [1.54, 1.807) is 6.07 Å². The molecule has 0 saturated carbocycles. The zero-order valence-electron chi connectivity index (χ0n) is 12.9. The Kier molecular flexibility index (Phi) is 5.17. The van der Waals surface area contributed by atoms with Crippen LogP contribution in [-0.4, -0.2) is 40.2 Å². The molecule has 1 atom stereocenters. The molecule has 0 aliphatic carbocycles. The molecule has 1 nitrogen and oxygen atoms in total. The van der Waals surface area contributed by atoms with E-state index in [0.717, 1.165) is 0 Å². The normalized spacial score (nSPS) is 16.3. The molecular formula is C18H8ClF4NaO. The van der Waals surface area contributed by atoms with E-state index in [1.807, 2.05) is 0 Å². The van der Waals surface area contributed by atoms with E-state index in [-0.39, 0.29) is 47.6 Å². The molecule has 0 fully saturated rings. The van der Waals surface area contributed by atoms with Crippen LogP contribution in [0.1, 0.15) is 16.7 Å². The molecule has 0 N–H and O–H groups in total. The Balaban J connectivity index is 2.09. The van der Waals surface area contributed by atoms with Crippen LogP contribution in [-0.2, 0) is 0 Å². The van der Waals surface area contributed by atoms with Crippen molar-refractivity contribution in [3.63, 3.8) is 0 Å². The van der Waals surface area contributed by atoms with Gasteiger partial charge in [-0.2, -0.15) is 0 Å². The average Bonchev–Trinajstić information content (AvgIpc) is 2.51. The number of halogens is 5. The van der Waals surface area contributed by atoms with Gasteiger partial charge in [-0.25, -0.2) is 0 Å². The summed E-state index contributed by atoms with van der Waals surface area (Å²) >= 11 is 6.23. The van der Waals surface area contributed by atoms with Crippen LogP contribution in [0.25, 0.3) is 6.08 Å². The zero-order valence-corrected chi connectivity index (χ0v) is 15.7. The Bertz CT molecular complexity index is 925. The van der Waals surface area contributed by atoms with Crippen LogP contribution in [0, 0.1) is 17.7 Å². The predicted octanol–water partition coefficient (Wildman–Crippen LogP) is 4.71. The topological polar surface area (TPSA) is 9.23 Å². The van der Waals surface area contributed by atoms with E-state index < -0.39 is 18.1 Å². The van der Waals surface area contributed by atoms with Crippen molar-refractivity contribution in [1.82, 2.24) is 0 Å². The summed E-state index contributed by atoms with van der Waals surface area (Å²) in [6.07, 6.45) is -5.06. The molecule has 1 aliphatic heterocycles. The van der Waals surface area contributed by atoms with Gasteiger partial charge in [-0.1, -0.05) is 0 Å². The summed E-state index contributed by atoms with van der Waals surface area (Å²) in [4.78, 5) is 0. The van der Waals surface area contributed by atoms with Crippen molar-refractivity contribution in [1.29, 1.82) is 0 Å². The van der Waals surface area contributed by atoms with Crippen molar-refractivity contribution in [2.75, 3.05) is 0 Å². The summed E-state index contributed by atoms with van der Waals surface area (Å²) in [7, 11) is 0. The molecular weight excluding hydrogens is 367 g/mol. The summed E-state index contributed by atoms with van der Waals surface area (Å²) in [5.74, 6) is 4.78. The second-order valence-corrected chi connectivity index (χ2v) is 7.12. The van der Waals surface area contributed by atoms with Gasteiger partial charge in [0.15, 0.2) is 0 Å². The van der Waals surface area contributed by atoms with Crippen molar-refractivity contribution in [3.05, 3.63) is 66.8 Å². The van der Waals surface area contributed by atoms with Crippen LogP contribution in [0.15, 0.2) is 39.2 Å². The fourth-order valence-electron chi connectivity index (χ4n) is 2.50. The molecule has 3 rings (SSSR count). The van der Waals surface area contributed by atoms with Gasteiger partial charge in [-0.15, -0.1) is 0 Å². The molecule has 1 aliphatic rings. The van der Waals surface area contributed by atoms with Gasteiger partial charge in [-0.05, 0) is 0 Å². The Labute approximate surface area is 164 Å². The van der Waals surface area contributed by atoms with Crippen LogP contribution in [0.4, 0.5) is 17.6 Å². The Morgan fingerprint density at radius 3 is 2.44 bits per heavy atom. The van der Waals surface area contributed by atoms with Gasteiger partial charge in [0, 0.05) is 0 Å². The SMILES string of the molecule is Fc1ccccc1C#Cc1cc(Cl)cc2c1OC(C(F)(F)F)[C]([Na])=C2. The second-order valence-electron chi connectivity index (χ2n) is 5.53. The third kappa shape index (κ3) is 4.04. The summed E-state index contributed by atoms with van der Waals surface area (Å²) in [5, 5.41) is 0.316. The Morgan fingerprint density at radius 1 is 1.08 bits per heavy atom. The minimum absolute atomic E-state index is 0.00941. The maximum absolute atomic E-state index is 13.7. The van der Waals surface area contributed by atoms with Crippen molar-refractivity contribution in [2.45, 2.75) is 12.3 Å². The molecule has 0 radical (unpaired) electrons. The second kappa shape index (κ2) is 7.05. The number of hydrogen-bond acceptors (Lipinski definition) is 1. The van der Waals surface area contributed by atoms with Gasteiger partial charge < -0.3 is 0 Å². The van der Waals surface area contributed by atoms with Crippen molar-refractivity contribution >= 4 is 45.6 Å². The van der Waals surface area contributed by atoms with E-state index in [0.29, 0.717) is 10.6 Å². The predicted molar refractivity (Wildman–Crippen MR) is 88.0 cm³/mol. The van der Waals surface area contributed by atoms with Gasteiger partial charge >= 0.3 is 165 Å². The van der Waals surface area contributed by atoms with Crippen LogP contribution in [0.5, 0.6) is 5.75 Å². The number of hydrogen-bond donors (Lipinski definition) is 0. The third-order valence-electron chi connectivity index (χ3n) is 3.62. The van der Waals surface area contributed by atoms with E-state index >= 15 is 0 Å². The molecule has 25 heavy (non-hydrogen) atoms. The fourth-order valence-corrected chi connectivity index (χ4v) is 3.48. The van der Waals surface area contributed by atoms with Crippen LogP contribution in [0.2, 0.25) is 5.02 Å². The van der Waals surface area contributed by atoms with Crippen molar-refractivity contribution in [2.24, 2.45) is 0 Å². The molecule has 1 heterocycles. The summed E-state index contributed by atoms with van der Waals surface area (Å²) in [6, 6.07) is 8.81. The van der Waals surface area contributed by atoms with E-state index in [1.165, 1.54) is 36.4 Å². The van der Waals surface area contributed by atoms with E-state index in [9.17, 15) is 17.6 Å². The number of alkyl halides is 3. The van der Waals surface area contributed by atoms with Gasteiger partial charge in [0.05, 0.1) is 0 Å². The molecule has 0 saturated heterocycles. The third-order valence-corrected chi connectivity index (χ3v) is 4.65. The monoisotopic (exact) mass is 374 g/mol. The van der Waals surface area contributed by atoms with E-state index in [4.69, 9.17) is 16.3 Å². The number of rotatable bonds is 0. The van der Waals surface area contributed by atoms with Gasteiger partial charge in [0.25, 0.3) is 0 Å². The Hall–Kier alpha value is -1.45. The zero-order chi connectivity index (χ0) is 18.2. The molecule has 2 aromatic rings. The first-order chi connectivity index (χ1) is 11.8. The molecule has 122 valence electrons. The van der Waals surface area contributed by atoms with Gasteiger partial charge in [0.1, 0.15) is 0 Å². The maximum atomic E-state index is 13.7. The van der Waals surface area contributed by atoms with Crippen molar-refractivity contribution in [3.8, 4) is 17.6 Å². The number of benzene rings is 2. The molecule has 0 aromatic heterocycles. The average molecular weight is 375 g/mol. The first-order valence-corrected chi connectivity index (χ1v) is 8.65. The summed E-state index contributed by atoms with van der Waals surface area (Å²) in [5.41, 5.74) is 0.764. The summed E-state index contributed by atoms with van der Waals surface area (Å²) in [6.45, 7) is 0. The molecule has 1 unspecified atom stereocenters. The van der Waals surface area contributed by atoms with Crippen LogP contribution < -0.4 is 4.74 Å². The fraction of sp³-hybridized carbons (Fsp3) is 0.111. The molecule has 0 bridgehead atoms. The number of ether oxygens (including phenoxy) is 1. The minimum atomic E-state index is -4.51. The van der Waals surface area contributed by atoms with Crippen LogP contribution in [0.3, 0.4) is 0 Å². The Morgan fingerprint density at radius 2 is 1.76 bits per heavy atom. The standard InChI is InChI=1S/C18H8ClF4O.Na/c19-14-9-12(6-5-11-3-1-2-4-15(11)20)17-13(10-14)7-8-16(24-17)18(21,22)23;/h1-4,7,9-10,16H;. The number of fused-ring (bicyclic) bond motifs is 1.